The van der Waals surface area contributed by atoms with Crippen molar-refractivity contribution in [3.63, 3.8) is 0 Å². The van der Waals surface area contributed by atoms with Gasteiger partial charge < -0.3 is 9.32 Å². The maximum Gasteiger partial charge on any atom is 0.420 e. The summed E-state index contributed by atoms with van der Waals surface area (Å²) >= 11 is 0. The van der Waals surface area contributed by atoms with Crippen molar-refractivity contribution in [2.24, 2.45) is 0 Å². The molecule has 1 aromatic heterocycles. The van der Waals surface area contributed by atoms with E-state index in [4.69, 9.17) is 4.42 Å². The van der Waals surface area contributed by atoms with Gasteiger partial charge in [0.15, 0.2) is 5.58 Å². The quantitative estimate of drug-likeness (QED) is 0.729. The van der Waals surface area contributed by atoms with Crippen LogP contribution in [0, 0.1) is 6.92 Å². The Morgan fingerprint density at radius 3 is 2.92 bits per heavy atom. The molecule has 2 heterocycles. The van der Waals surface area contributed by atoms with Crippen LogP contribution in [0.2, 0.25) is 0 Å². The molecule has 0 fully saturated rings. The second kappa shape index (κ2) is 5.67. The molecule has 0 saturated carbocycles. The molecule has 0 radical (unpaired) electrons. The molecule has 5 heteroatoms. The molecule has 1 aliphatic rings. The van der Waals surface area contributed by atoms with Crippen molar-refractivity contribution in [3.05, 3.63) is 64.1 Å². The van der Waals surface area contributed by atoms with Crippen LogP contribution in [0.15, 0.2) is 51.7 Å². The number of aryl methyl sites for hydroxylation is 2. The summed E-state index contributed by atoms with van der Waals surface area (Å²) in [5.74, 6) is -0.584. The second-order valence-corrected chi connectivity index (χ2v) is 6.20. The van der Waals surface area contributed by atoms with E-state index in [1.54, 1.807) is 23.1 Å². The lowest BCUT2D eigenvalue weighted by Crippen LogP contribution is -2.39. The number of nitrogens with zero attached hydrogens (tertiary/aromatic N) is 2. The zero-order chi connectivity index (χ0) is 16.7. The van der Waals surface area contributed by atoms with E-state index >= 15 is 0 Å². The van der Waals surface area contributed by atoms with Gasteiger partial charge in [0.2, 0.25) is 5.91 Å². The van der Waals surface area contributed by atoms with Crippen LogP contribution >= 0.6 is 0 Å². The highest BCUT2D eigenvalue weighted by Gasteiger charge is 2.24. The van der Waals surface area contributed by atoms with Crippen molar-refractivity contribution in [1.82, 2.24) is 4.57 Å². The Morgan fingerprint density at radius 1 is 1.21 bits per heavy atom. The molecule has 0 aliphatic carbocycles. The summed E-state index contributed by atoms with van der Waals surface area (Å²) in [6.45, 7) is 2.72. The minimum absolute atomic E-state index is 0.0108. The zero-order valence-electron chi connectivity index (χ0n) is 13.5. The monoisotopic (exact) mass is 322 g/mol. The standard InChI is InChI=1S/C19H18N2O3/c1-13-8-9-15-14(11-13)5-4-10-20(15)18(22)12-21-16-6-2-3-7-17(16)24-19(21)23/h2-3,6-9,11H,4-5,10,12H2,1H3. The first kappa shape index (κ1) is 14.8. The molecular weight excluding hydrogens is 304 g/mol. The summed E-state index contributed by atoms with van der Waals surface area (Å²) in [5, 5.41) is 0. The van der Waals surface area contributed by atoms with Gasteiger partial charge in [-0.15, -0.1) is 0 Å². The summed E-state index contributed by atoms with van der Waals surface area (Å²) in [6, 6.07) is 13.3. The van der Waals surface area contributed by atoms with Crippen molar-refractivity contribution in [3.8, 4) is 0 Å². The lowest BCUT2D eigenvalue weighted by molar-refractivity contribution is -0.119. The first-order valence-corrected chi connectivity index (χ1v) is 8.12. The number of para-hydroxylation sites is 2. The number of hydrogen-bond donors (Lipinski definition) is 0. The number of benzene rings is 2. The summed E-state index contributed by atoms with van der Waals surface area (Å²) in [4.78, 5) is 26.7. The third-order valence-corrected chi connectivity index (χ3v) is 4.52. The van der Waals surface area contributed by atoms with Crippen LogP contribution in [0.25, 0.3) is 11.1 Å². The van der Waals surface area contributed by atoms with Crippen LogP contribution in [0.3, 0.4) is 0 Å². The Labute approximate surface area is 139 Å². The average Bonchev–Trinajstić information content (AvgIpc) is 2.89. The first-order valence-electron chi connectivity index (χ1n) is 8.12. The van der Waals surface area contributed by atoms with Gasteiger partial charge in [0.05, 0.1) is 5.52 Å². The fourth-order valence-corrected chi connectivity index (χ4v) is 3.37. The smallest absolute Gasteiger partial charge is 0.408 e. The van der Waals surface area contributed by atoms with E-state index in [-0.39, 0.29) is 12.5 Å². The van der Waals surface area contributed by atoms with Crippen molar-refractivity contribution in [2.75, 3.05) is 11.4 Å². The summed E-state index contributed by atoms with van der Waals surface area (Å²) in [7, 11) is 0. The zero-order valence-corrected chi connectivity index (χ0v) is 13.5. The van der Waals surface area contributed by atoms with Crippen LogP contribution in [0.5, 0.6) is 0 Å². The van der Waals surface area contributed by atoms with Crippen molar-refractivity contribution >= 4 is 22.7 Å². The largest absolute Gasteiger partial charge is 0.420 e. The third kappa shape index (κ3) is 2.42. The number of carbonyl (C=O) groups excluding carboxylic acids is 1. The average molecular weight is 322 g/mol. The Hall–Kier alpha value is -2.82. The number of rotatable bonds is 2. The van der Waals surface area contributed by atoms with Crippen LogP contribution in [0.1, 0.15) is 17.5 Å². The predicted molar refractivity (Wildman–Crippen MR) is 92.3 cm³/mol. The van der Waals surface area contributed by atoms with Gasteiger partial charge in [-0.1, -0.05) is 29.8 Å². The van der Waals surface area contributed by atoms with E-state index in [9.17, 15) is 9.59 Å². The predicted octanol–water partition coefficient (Wildman–Crippen LogP) is 2.88. The fraction of sp³-hybridized carbons (Fsp3) is 0.263. The number of hydrogen-bond acceptors (Lipinski definition) is 3. The highest BCUT2D eigenvalue weighted by atomic mass is 16.4. The maximum atomic E-state index is 12.8. The van der Waals surface area contributed by atoms with Gasteiger partial charge in [0.25, 0.3) is 0 Å². The van der Waals surface area contributed by atoms with E-state index in [0.29, 0.717) is 17.6 Å². The maximum absolute atomic E-state index is 12.8. The van der Waals surface area contributed by atoms with Gasteiger partial charge in [-0.25, -0.2) is 4.79 Å². The SMILES string of the molecule is Cc1ccc2c(c1)CCCN2C(=O)Cn1c(=O)oc2ccccc21. The van der Waals surface area contributed by atoms with Crippen LogP contribution < -0.4 is 10.7 Å². The highest BCUT2D eigenvalue weighted by Crippen LogP contribution is 2.28. The molecule has 1 amide bonds. The number of aromatic nitrogens is 1. The van der Waals surface area contributed by atoms with Crippen molar-refractivity contribution in [1.29, 1.82) is 0 Å². The van der Waals surface area contributed by atoms with Gasteiger partial charge in [0, 0.05) is 12.2 Å². The number of carbonyl (C=O) groups is 1. The molecule has 2 aromatic carbocycles. The molecule has 0 spiro atoms. The molecule has 5 nitrogen and oxygen atoms in total. The van der Waals surface area contributed by atoms with Gasteiger partial charge >= 0.3 is 5.76 Å². The number of fused-ring (bicyclic) bond motifs is 2. The lowest BCUT2D eigenvalue weighted by atomic mass is 9.99. The molecule has 0 atom stereocenters. The summed E-state index contributed by atoms with van der Waals surface area (Å²) in [6.07, 6.45) is 1.92. The molecule has 0 N–H and O–H groups in total. The molecule has 0 unspecified atom stereocenters. The minimum atomic E-state index is -0.495. The molecule has 0 bridgehead atoms. The van der Waals surface area contributed by atoms with E-state index < -0.39 is 5.76 Å². The van der Waals surface area contributed by atoms with Crippen LogP contribution in [-0.4, -0.2) is 17.0 Å². The summed E-state index contributed by atoms with van der Waals surface area (Å²) in [5.41, 5.74) is 4.50. The molecular formula is C19H18N2O3. The van der Waals surface area contributed by atoms with Gasteiger partial charge in [-0.2, -0.15) is 0 Å². The number of anilines is 1. The Balaban J connectivity index is 1.68. The van der Waals surface area contributed by atoms with Crippen LogP contribution in [-0.2, 0) is 17.8 Å². The molecule has 4 rings (SSSR count). The first-order chi connectivity index (χ1) is 11.6. The Kier molecular flexibility index (Phi) is 3.49. The number of amides is 1. The lowest BCUT2D eigenvalue weighted by Gasteiger charge is -2.29. The molecule has 24 heavy (non-hydrogen) atoms. The van der Waals surface area contributed by atoms with Crippen molar-refractivity contribution in [2.45, 2.75) is 26.3 Å². The number of oxazole rings is 1. The normalized spacial score (nSPS) is 14.0. The molecule has 3 aromatic rings. The Bertz CT molecular complexity index is 984. The minimum Gasteiger partial charge on any atom is -0.408 e. The van der Waals surface area contributed by atoms with Gasteiger partial charge in [0.1, 0.15) is 6.54 Å². The van der Waals surface area contributed by atoms with E-state index in [1.807, 2.05) is 18.2 Å². The second-order valence-electron chi connectivity index (χ2n) is 6.20. The Morgan fingerprint density at radius 2 is 2.04 bits per heavy atom. The van der Waals surface area contributed by atoms with E-state index in [0.717, 1.165) is 18.5 Å². The fourth-order valence-electron chi connectivity index (χ4n) is 3.37. The molecule has 122 valence electrons. The molecule has 0 saturated heterocycles. The summed E-state index contributed by atoms with van der Waals surface area (Å²) < 4.78 is 6.61. The third-order valence-electron chi connectivity index (χ3n) is 4.52. The van der Waals surface area contributed by atoms with Crippen LogP contribution in [0.4, 0.5) is 5.69 Å². The topological polar surface area (TPSA) is 55.5 Å². The van der Waals surface area contributed by atoms with E-state index in [2.05, 4.69) is 13.0 Å². The van der Waals surface area contributed by atoms with E-state index in [1.165, 1.54) is 15.7 Å². The van der Waals surface area contributed by atoms with Crippen molar-refractivity contribution < 1.29 is 9.21 Å². The highest BCUT2D eigenvalue weighted by molar-refractivity contribution is 5.95. The van der Waals surface area contributed by atoms with Gasteiger partial charge in [-0.3, -0.25) is 9.36 Å². The van der Waals surface area contributed by atoms with Gasteiger partial charge in [-0.05, 0) is 43.5 Å². The molecule has 1 aliphatic heterocycles.